The number of pyridine rings is 1. The third-order valence-corrected chi connectivity index (χ3v) is 2.04. The maximum atomic E-state index is 5.87. The molecule has 1 aromatic rings. The zero-order chi connectivity index (χ0) is 11.6. The number of nitrogens with two attached hydrogens (primary N) is 1. The van der Waals surface area contributed by atoms with Crippen molar-refractivity contribution < 1.29 is 4.74 Å². The van der Waals surface area contributed by atoms with E-state index >= 15 is 0 Å². The highest BCUT2D eigenvalue weighted by molar-refractivity contribution is 5.38. The van der Waals surface area contributed by atoms with E-state index in [-0.39, 0.29) is 5.60 Å². The molecule has 0 aromatic carbocycles. The molecule has 0 amide bonds. The average Bonchev–Trinajstić information content (AvgIpc) is 1.99. The molecule has 0 aliphatic heterocycles. The fourth-order valence-electron chi connectivity index (χ4n) is 1.49. The molecule has 0 unspecified atom stereocenters. The van der Waals surface area contributed by atoms with Gasteiger partial charge in [-0.25, -0.2) is 0 Å². The molecule has 0 aliphatic carbocycles. The van der Waals surface area contributed by atoms with Crippen LogP contribution in [0.3, 0.4) is 0 Å². The van der Waals surface area contributed by atoms with Crippen LogP contribution in [-0.2, 0) is 6.54 Å². The number of hydrogen-bond donors (Lipinski definition) is 1. The topological polar surface area (TPSA) is 48.1 Å². The van der Waals surface area contributed by atoms with Crippen LogP contribution in [0.15, 0.2) is 6.07 Å². The van der Waals surface area contributed by atoms with E-state index in [1.165, 1.54) is 0 Å². The van der Waals surface area contributed by atoms with Gasteiger partial charge in [-0.3, -0.25) is 4.98 Å². The van der Waals surface area contributed by atoms with Crippen molar-refractivity contribution in [2.45, 2.75) is 46.8 Å². The number of rotatable bonds is 2. The first-order chi connectivity index (χ1) is 6.83. The fraction of sp³-hybridized carbons (Fsp3) is 0.583. The molecule has 0 spiro atoms. The summed E-state index contributed by atoms with van der Waals surface area (Å²) in [5.41, 5.74) is 8.41. The van der Waals surface area contributed by atoms with Crippen LogP contribution in [0.1, 0.15) is 37.7 Å². The van der Waals surface area contributed by atoms with Gasteiger partial charge in [0.2, 0.25) is 0 Å². The van der Waals surface area contributed by atoms with Gasteiger partial charge >= 0.3 is 0 Å². The Bertz CT molecular complexity index is 353. The Labute approximate surface area is 91.7 Å². The second kappa shape index (κ2) is 4.19. The molecule has 1 heterocycles. The summed E-state index contributed by atoms with van der Waals surface area (Å²) in [5, 5.41) is 0. The molecule has 0 aliphatic rings. The van der Waals surface area contributed by atoms with Crippen molar-refractivity contribution in [2.24, 2.45) is 5.73 Å². The minimum Gasteiger partial charge on any atom is -0.488 e. The predicted octanol–water partition coefficient (Wildman–Crippen LogP) is 2.33. The Balaban J connectivity index is 3.15. The van der Waals surface area contributed by atoms with Crippen molar-refractivity contribution in [3.8, 4) is 5.75 Å². The molecule has 0 saturated carbocycles. The Morgan fingerprint density at radius 2 is 1.93 bits per heavy atom. The summed E-state index contributed by atoms with van der Waals surface area (Å²) in [6.45, 7) is 10.5. The number of ether oxygens (including phenoxy) is 1. The van der Waals surface area contributed by atoms with Crippen molar-refractivity contribution in [3.63, 3.8) is 0 Å². The highest BCUT2D eigenvalue weighted by Crippen LogP contribution is 2.25. The van der Waals surface area contributed by atoms with Gasteiger partial charge in [0, 0.05) is 29.6 Å². The Kier molecular flexibility index (Phi) is 3.35. The summed E-state index contributed by atoms with van der Waals surface area (Å²) in [7, 11) is 0. The lowest BCUT2D eigenvalue weighted by Crippen LogP contribution is -2.24. The van der Waals surface area contributed by atoms with Gasteiger partial charge in [-0.15, -0.1) is 0 Å². The van der Waals surface area contributed by atoms with Crippen LogP contribution in [0.4, 0.5) is 0 Å². The summed E-state index contributed by atoms with van der Waals surface area (Å²) in [6, 6.07) is 1.94. The molecule has 0 atom stereocenters. The maximum absolute atomic E-state index is 5.87. The third kappa shape index (κ3) is 3.20. The van der Waals surface area contributed by atoms with Crippen molar-refractivity contribution in [1.82, 2.24) is 4.98 Å². The molecule has 1 rings (SSSR count). The highest BCUT2D eigenvalue weighted by atomic mass is 16.5. The van der Waals surface area contributed by atoms with Gasteiger partial charge in [-0.2, -0.15) is 0 Å². The van der Waals surface area contributed by atoms with Crippen molar-refractivity contribution in [1.29, 1.82) is 0 Å². The van der Waals surface area contributed by atoms with Crippen LogP contribution in [-0.4, -0.2) is 10.6 Å². The predicted molar refractivity (Wildman–Crippen MR) is 62.0 cm³/mol. The van der Waals surface area contributed by atoms with Gasteiger partial charge in [0.25, 0.3) is 0 Å². The number of aryl methyl sites for hydroxylation is 2. The number of aromatic nitrogens is 1. The molecular weight excluding hydrogens is 188 g/mol. The molecule has 3 heteroatoms. The van der Waals surface area contributed by atoms with Crippen molar-refractivity contribution >= 4 is 0 Å². The average molecular weight is 208 g/mol. The zero-order valence-corrected chi connectivity index (χ0v) is 10.2. The summed E-state index contributed by atoms with van der Waals surface area (Å²) >= 11 is 0. The third-order valence-electron chi connectivity index (χ3n) is 2.04. The summed E-state index contributed by atoms with van der Waals surface area (Å²) in [4.78, 5) is 4.38. The minimum absolute atomic E-state index is 0.204. The number of hydrogen-bond acceptors (Lipinski definition) is 3. The molecule has 3 nitrogen and oxygen atoms in total. The molecule has 2 N–H and O–H groups in total. The van der Waals surface area contributed by atoms with Crippen molar-refractivity contribution in [2.75, 3.05) is 0 Å². The second-order valence-corrected chi connectivity index (χ2v) is 4.74. The van der Waals surface area contributed by atoms with Crippen LogP contribution in [0.5, 0.6) is 5.75 Å². The number of nitrogens with zero attached hydrogens (tertiary/aromatic N) is 1. The SMILES string of the molecule is Cc1cc(OC(C)(C)C)c(CN)c(C)n1. The molecule has 15 heavy (non-hydrogen) atoms. The highest BCUT2D eigenvalue weighted by Gasteiger charge is 2.16. The lowest BCUT2D eigenvalue weighted by molar-refractivity contribution is 0.129. The van der Waals surface area contributed by atoms with Crippen LogP contribution in [0.2, 0.25) is 0 Å². The first kappa shape index (κ1) is 12.0. The van der Waals surface area contributed by atoms with E-state index < -0.39 is 0 Å². The molecule has 84 valence electrons. The van der Waals surface area contributed by atoms with E-state index in [1.807, 2.05) is 40.7 Å². The quantitative estimate of drug-likeness (QED) is 0.811. The second-order valence-electron chi connectivity index (χ2n) is 4.74. The molecule has 0 radical (unpaired) electrons. The monoisotopic (exact) mass is 208 g/mol. The molecule has 1 aromatic heterocycles. The van der Waals surface area contributed by atoms with E-state index in [0.29, 0.717) is 6.54 Å². The molecule has 0 bridgehead atoms. The summed E-state index contributed by atoms with van der Waals surface area (Å²) < 4.78 is 5.87. The largest absolute Gasteiger partial charge is 0.488 e. The first-order valence-corrected chi connectivity index (χ1v) is 5.19. The molecular formula is C12H20N2O. The van der Waals surface area contributed by atoms with E-state index in [4.69, 9.17) is 10.5 Å². The lowest BCUT2D eigenvalue weighted by Gasteiger charge is -2.24. The normalized spacial score (nSPS) is 11.6. The fourth-order valence-corrected chi connectivity index (χ4v) is 1.49. The standard InChI is InChI=1S/C12H20N2O/c1-8-6-11(15-12(3,4)5)10(7-13)9(2)14-8/h6H,7,13H2,1-5H3. The van der Waals surface area contributed by atoms with E-state index in [9.17, 15) is 0 Å². The van der Waals surface area contributed by atoms with Gasteiger partial charge < -0.3 is 10.5 Å². The Morgan fingerprint density at radius 1 is 1.33 bits per heavy atom. The van der Waals surface area contributed by atoms with Crippen molar-refractivity contribution in [3.05, 3.63) is 23.0 Å². The van der Waals surface area contributed by atoms with Gasteiger partial charge in [-0.05, 0) is 34.6 Å². The van der Waals surface area contributed by atoms with E-state index in [2.05, 4.69) is 4.98 Å². The summed E-state index contributed by atoms with van der Waals surface area (Å²) in [6.07, 6.45) is 0. The first-order valence-electron chi connectivity index (χ1n) is 5.19. The molecule has 0 fully saturated rings. The smallest absolute Gasteiger partial charge is 0.128 e. The molecule has 0 saturated heterocycles. The lowest BCUT2D eigenvalue weighted by atomic mass is 10.1. The minimum atomic E-state index is -0.204. The maximum Gasteiger partial charge on any atom is 0.128 e. The van der Waals surface area contributed by atoms with Crippen LogP contribution in [0, 0.1) is 13.8 Å². The van der Waals surface area contributed by atoms with E-state index in [1.54, 1.807) is 0 Å². The van der Waals surface area contributed by atoms with E-state index in [0.717, 1.165) is 22.7 Å². The van der Waals surface area contributed by atoms with Gasteiger partial charge in [0.15, 0.2) is 0 Å². The van der Waals surface area contributed by atoms with Crippen LogP contribution in [0.25, 0.3) is 0 Å². The van der Waals surface area contributed by atoms with Gasteiger partial charge in [-0.1, -0.05) is 0 Å². The zero-order valence-electron chi connectivity index (χ0n) is 10.2. The Hall–Kier alpha value is -1.09. The van der Waals surface area contributed by atoms with Gasteiger partial charge in [0.05, 0.1) is 0 Å². The summed E-state index contributed by atoms with van der Waals surface area (Å²) in [5.74, 6) is 0.856. The van der Waals surface area contributed by atoms with Gasteiger partial charge in [0.1, 0.15) is 11.4 Å². The van der Waals surface area contributed by atoms with Crippen LogP contribution >= 0.6 is 0 Å². The Morgan fingerprint density at radius 3 is 2.40 bits per heavy atom. The van der Waals surface area contributed by atoms with Crippen LogP contribution < -0.4 is 10.5 Å².